The molecule has 1 aromatic carbocycles. The summed E-state index contributed by atoms with van der Waals surface area (Å²) < 4.78 is 46.0. The van der Waals surface area contributed by atoms with Crippen LogP contribution in [0.2, 0.25) is 0 Å². The molecule has 1 aromatic rings. The van der Waals surface area contributed by atoms with Crippen molar-refractivity contribution in [1.82, 2.24) is 9.62 Å². The van der Waals surface area contributed by atoms with E-state index in [0.717, 1.165) is 25.9 Å². The molecular weight excluding hydrogens is 367 g/mol. The Bertz CT molecular complexity index is 680. The zero-order valence-electron chi connectivity index (χ0n) is 14.4. The van der Waals surface area contributed by atoms with Crippen molar-refractivity contribution < 1.29 is 17.5 Å². The van der Waals surface area contributed by atoms with E-state index < -0.39 is 15.8 Å². The lowest BCUT2D eigenvalue weighted by Gasteiger charge is -2.38. The average molecular weight is 393 g/mol. The fourth-order valence-corrected chi connectivity index (χ4v) is 5.69. The first-order valence-electron chi connectivity index (χ1n) is 8.37. The normalized spacial score (nSPS) is 23.5. The Kier molecular flexibility index (Phi) is 6.84. The Balaban J connectivity index is 0.00000225. The lowest BCUT2D eigenvalue weighted by Crippen LogP contribution is -2.43. The van der Waals surface area contributed by atoms with Crippen molar-refractivity contribution in [2.24, 2.45) is 11.3 Å². The molecule has 5 nitrogen and oxygen atoms in total. The van der Waals surface area contributed by atoms with Gasteiger partial charge in [-0.3, -0.25) is 0 Å². The number of rotatable bonds is 5. The quantitative estimate of drug-likeness (QED) is 0.832. The van der Waals surface area contributed by atoms with Crippen LogP contribution in [0.4, 0.5) is 4.39 Å². The van der Waals surface area contributed by atoms with Gasteiger partial charge in [-0.2, -0.15) is 0 Å². The summed E-state index contributed by atoms with van der Waals surface area (Å²) in [6.07, 6.45) is 1.93. The van der Waals surface area contributed by atoms with E-state index in [-0.39, 0.29) is 29.5 Å². The molecule has 2 aliphatic rings. The van der Waals surface area contributed by atoms with Gasteiger partial charge in [0.2, 0.25) is 10.0 Å². The molecular formula is C17H26ClFN2O3S. The summed E-state index contributed by atoms with van der Waals surface area (Å²) in [6.45, 7) is 3.44. The Morgan fingerprint density at radius 3 is 2.72 bits per heavy atom. The third-order valence-electron chi connectivity index (χ3n) is 5.38. The molecule has 1 spiro atoms. The number of nitrogens with one attached hydrogen (secondary N) is 1. The van der Waals surface area contributed by atoms with E-state index in [9.17, 15) is 12.8 Å². The first-order valence-corrected chi connectivity index (χ1v) is 9.98. The van der Waals surface area contributed by atoms with Crippen molar-refractivity contribution >= 4 is 22.4 Å². The van der Waals surface area contributed by atoms with Crippen LogP contribution >= 0.6 is 12.4 Å². The third-order valence-corrected chi connectivity index (χ3v) is 7.14. The minimum atomic E-state index is -3.47. The molecule has 25 heavy (non-hydrogen) atoms. The van der Waals surface area contributed by atoms with Crippen LogP contribution in [0, 0.1) is 17.2 Å². The van der Waals surface area contributed by atoms with Gasteiger partial charge in [-0.1, -0.05) is 12.1 Å². The highest BCUT2D eigenvalue weighted by Crippen LogP contribution is 2.44. The molecule has 0 radical (unpaired) electrons. The largest absolute Gasteiger partial charge is 0.384 e. The van der Waals surface area contributed by atoms with Crippen molar-refractivity contribution in [3.05, 3.63) is 35.6 Å². The smallest absolute Gasteiger partial charge is 0.218 e. The molecule has 0 amide bonds. The summed E-state index contributed by atoms with van der Waals surface area (Å²) in [5, 5.41) is 3.35. The molecule has 1 atom stereocenters. The number of sulfonamides is 1. The second-order valence-corrected chi connectivity index (χ2v) is 8.91. The van der Waals surface area contributed by atoms with Crippen LogP contribution in [0.1, 0.15) is 18.4 Å². The van der Waals surface area contributed by atoms with Crippen LogP contribution in [0.15, 0.2) is 24.3 Å². The Labute approximate surface area is 155 Å². The van der Waals surface area contributed by atoms with Crippen molar-refractivity contribution in [2.75, 3.05) is 39.9 Å². The van der Waals surface area contributed by atoms with Gasteiger partial charge in [0.15, 0.2) is 0 Å². The van der Waals surface area contributed by atoms with Crippen molar-refractivity contribution in [1.29, 1.82) is 0 Å². The molecule has 8 heteroatoms. The Morgan fingerprint density at radius 1 is 1.36 bits per heavy atom. The second-order valence-electron chi connectivity index (χ2n) is 6.94. The fraction of sp³-hybridized carbons (Fsp3) is 0.647. The molecule has 2 aliphatic heterocycles. The maximum absolute atomic E-state index is 13.3. The molecule has 3 rings (SSSR count). The van der Waals surface area contributed by atoms with Crippen LogP contribution in [-0.4, -0.2) is 52.6 Å². The summed E-state index contributed by atoms with van der Waals surface area (Å²) in [7, 11) is -1.80. The SMILES string of the molecule is COCC1CN(S(=O)(=O)Cc2cccc(F)c2)CC12CCNCC2.Cl. The van der Waals surface area contributed by atoms with Crippen LogP contribution in [0.5, 0.6) is 0 Å². The highest BCUT2D eigenvalue weighted by atomic mass is 35.5. The van der Waals surface area contributed by atoms with Gasteiger partial charge in [0.25, 0.3) is 0 Å². The number of nitrogens with zero attached hydrogens (tertiary/aromatic N) is 1. The molecule has 2 heterocycles. The summed E-state index contributed by atoms with van der Waals surface area (Å²) in [5.74, 6) is -0.346. The zero-order chi connectivity index (χ0) is 17.2. The van der Waals surface area contributed by atoms with Crippen molar-refractivity contribution in [3.63, 3.8) is 0 Å². The highest BCUT2D eigenvalue weighted by Gasteiger charge is 2.49. The topological polar surface area (TPSA) is 58.6 Å². The summed E-state index contributed by atoms with van der Waals surface area (Å²) in [5.41, 5.74) is 0.487. The van der Waals surface area contributed by atoms with Gasteiger partial charge in [-0.15, -0.1) is 12.4 Å². The van der Waals surface area contributed by atoms with E-state index in [0.29, 0.717) is 25.3 Å². The van der Waals surface area contributed by atoms with E-state index in [1.54, 1.807) is 23.5 Å². The predicted octanol–water partition coefficient (Wildman–Crippen LogP) is 2.03. The third kappa shape index (κ3) is 4.52. The molecule has 0 saturated carbocycles. The number of ether oxygens (including phenoxy) is 1. The van der Waals surface area contributed by atoms with E-state index >= 15 is 0 Å². The van der Waals surface area contributed by atoms with Crippen molar-refractivity contribution in [2.45, 2.75) is 18.6 Å². The Morgan fingerprint density at radius 2 is 2.08 bits per heavy atom. The van der Waals surface area contributed by atoms with Crippen LogP contribution in [-0.2, 0) is 20.5 Å². The van der Waals surface area contributed by atoms with E-state index in [1.807, 2.05) is 0 Å². The molecule has 1 N–H and O–H groups in total. The number of halogens is 2. The number of piperidine rings is 1. The van der Waals surface area contributed by atoms with Crippen molar-refractivity contribution in [3.8, 4) is 0 Å². The molecule has 2 fully saturated rings. The van der Waals surface area contributed by atoms with Crippen LogP contribution in [0.3, 0.4) is 0 Å². The van der Waals surface area contributed by atoms with Gasteiger partial charge >= 0.3 is 0 Å². The molecule has 0 aromatic heterocycles. The van der Waals surface area contributed by atoms with Gasteiger partial charge in [0.05, 0.1) is 12.4 Å². The van der Waals surface area contributed by atoms with Crippen LogP contribution < -0.4 is 5.32 Å². The predicted molar refractivity (Wildman–Crippen MR) is 97.7 cm³/mol. The minimum absolute atomic E-state index is 0. The van der Waals surface area contributed by atoms with E-state index in [2.05, 4.69) is 5.32 Å². The monoisotopic (exact) mass is 392 g/mol. The lowest BCUT2D eigenvalue weighted by molar-refractivity contribution is 0.0718. The molecule has 2 saturated heterocycles. The first kappa shape index (κ1) is 20.6. The average Bonchev–Trinajstić information content (AvgIpc) is 2.87. The standard InChI is InChI=1S/C17H25FN2O3S.ClH/c1-23-11-15-10-20(13-17(15)5-7-19-8-6-17)24(21,22)12-14-3-2-4-16(18)9-14;/h2-4,9,15,19H,5-8,10-13H2,1H3;1H. The van der Waals surface area contributed by atoms with Gasteiger partial charge < -0.3 is 10.1 Å². The van der Waals surface area contributed by atoms with E-state index in [4.69, 9.17) is 4.74 Å². The fourth-order valence-electron chi connectivity index (χ4n) is 4.05. The van der Waals surface area contributed by atoms with E-state index in [1.165, 1.54) is 12.1 Å². The maximum Gasteiger partial charge on any atom is 0.218 e. The molecule has 1 unspecified atom stereocenters. The maximum atomic E-state index is 13.3. The minimum Gasteiger partial charge on any atom is -0.384 e. The molecule has 142 valence electrons. The van der Waals surface area contributed by atoms with Crippen LogP contribution in [0.25, 0.3) is 0 Å². The second kappa shape index (κ2) is 8.31. The summed E-state index contributed by atoms with van der Waals surface area (Å²) >= 11 is 0. The lowest BCUT2D eigenvalue weighted by atomic mass is 9.71. The summed E-state index contributed by atoms with van der Waals surface area (Å²) in [4.78, 5) is 0. The number of hydrogen-bond donors (Lipinski definition) is 1. The number of methoxy groups -OCH3 is 1. The van der Waals surface area contributed by atoms with Gasteiger partial charge in [0, 0.05) is 26.1 Å². The van der Waals surface area contributed by atoms with Gasteiger partial charge in [-0.05, 0) is 49.0 Å². The summed E-state index contributed by atoms with van der Waals surface area (Å²) in [6, 6.07) is 5.82. The Hall–Kier alpha value is -0.730. The number of benzene rings is 1. The zero-order valence-corrected chi connectivity index (χ0v) is 16.0. The number of hydrogen-bond acceptors (Lipinski definition) is 4. The van der Waals surface area contributed by atoms with Gasteiger partial charge in [-0.25, -0.2) is 17.1 Å². The van der Waals surface area contributed by atoms with Gasteiger partial charge in [0.1, 0.15) is 5.82 Å². The highest BCUT2D eigenvalue weighted by molar-refractivity contribution is 7.88. The molecule has 0 bridgehead atoms. The first-order chi connectivity index (χ1) is 11.5. The molecule has 0 aliphatic carbocycles.